The Morgan fingerprint density at radius 1 is 0.258 bits per heavy atom. The summed E-state index contributed by atoms with van der Waals surface area (Å²) in [5, 5.41) is 23.7. The molecule has 4 aliphatic rings. The molecule has 0 unspecified atom stereocenters. The summed E-state index contributed by atoms with van der Waals surface area (Å²) in [5.74, 6) is -1.10. The number of carbonyl (C=O) groups excluding carboxylic acids is 8. The first-order valence-corrected chi connectivity index (χ1v) is 40.2. The Morgan fingerprint density at radius 2 is 0.442 bits per heavy atom. The molecule has 608 valence electrons. The molecule has 0 bridgehead atoms. The summed E-state index contributed by atoms with van der Waals surface area (Å²) in [4.78, 5) is 115. The lowest BCUT2D eigenvalue weighted by atomic mass is 10.0. The van der Waals surface area contributed by atoms with Crippen molar-refractivity contribution in [2.24, 2.45) is 22.9 Å². The number of aromatic nitrogens is 4. The summed E-state index contributed by atoms with van der Waals surface area (Å²) in [5.41, 5.74) is 43.1. The van der Waals surface area contributed by atoms with E-state index in [1.54, 1.807) is 195 Å². The van der Waals surface area contributed by atoms with Crippen molar-refractivity contribution in [3.63, 3.8) is 0 Å². The minimum atomic E-state index is -0.432. The maximum atomic E-state index is 12.5. The van der Waals surface area contributed by atoms with Crippen LogP contribution in [-0.4, -0.2) is 67.2 Å². The van der Waals surface area contributed by atoms with Crippen molar-refractivity contribution >= 4 is 70.0 Å². The first kappa shape index (κ1) is 83.9. The van der Waals surface area contributed by atoms with Gasteiger partial charge in [0.2, 0.25) is 23.6 Å². The quantitative estimate of drug-likeness (QED) is 0.0267. The van der Waals surface area contributed by atoms with Crippen molar-refractivity contribution < 1.29 is 38.4 Å². The van der Waals surface area contributed by atoms with E-state index in [0.29, 0.717) is 45.0 Å². The second kappa shape index (κ2) is 41.2. The number of anilines is 4. The zero-order chi connectivity index (χ0) is 83.7. The van der Waals surface area contributed by atoms with Crippen molar-refractivity contribution in [3.05, 3.63) is 381 Å². The minimum Gasteiger partial charge on any atom is -0.349 e. The van der Waals surface area contributed by atoms with E-state index < -0.39 is 24.2 Å². The Morgan fingerprint density at radius 3 is 0.633 bits per heavy atom. The highest BCUT2D eigenvalue weighted by Gasteiger charge is 2.29. The van der Waals surface area contributed by atoms with E-state index in [2.05, 4.69) is 111 Å². The number of carbonyl (C=O) groups is 8. The third-order valence-corrected chi connectivity index (χ3v) is 21.7. The fourth-order valence-electron chi connectivity index (χ4n) is 15.2. The molecular formula is C96H96N16O8. The summed E-state index contributed by atoms with van der Waals surface area (Å²) in [6.45, 7) is 0. The summed E-state index contributed by atoms with van der Waals surface area (Å²) < 4.78 is 0. The summed E-state index contributed by atoms with van der Waals surface area (Å²) in [6.07, 6.45) is 21.3. The number of hydrogen-bond acceptors (Lipinski definition) is 16. The third-order valence-electron chi connectivity index (χ3n) is 21.7. The number of nitrogens with one attached hydrogen (secondary N) is 8. The lowest BCUT2D eigenvalue weighted by Gasteiger charge is -2.17. The van der Waals surface area contributed by atoms with Crippen LogP contribution >= 0.6 is 0 Å². The molecule has 24 nitrogen and oxygen atoms in total. The van der Waals surface area contributed by atoms with Gasteiger partial charge in [-0.15, -0.1) is 0 Å². The second-order valence-electron chi connectivity index (χ2n) is 29.9. The molecule has 8 atom stereocenters. The van der Waals surface area contributed by atoms with Crippen molar-refractivity contribution in [3.8, 4) is 0 Å². The molecule has 4 heterocycles. The van der Waals surface area contributed by atoms with Gasteiger partial charge in [-0.25, -0.2) is 0 Å². The zero-order valence-electron chi connectivity index (χ0n) is 66.2. The maximum absolute atomic E-state index is 12.5. The molecule has 12 aromatic rings. The number of hydrogen-bond donors (Lipinski definition) is 12. The minimum absolute atomic E-state index is 0.0557. The van der Waals surface area contributed by atoms with Crippen LogP contribution in [0.5, 0.6) is 0 Å². The van der Waals surface area contributed by atoms with Crippen molar-refractivity contribution in [1.29, 1.82) is 0 Å². The molecule has 120 heavy (non-hydrogen) atoms. The highest BCUT2D eigenvalue weighted by atomic mass is 16.2. The molecule has 4 aromatic heterocycles. The second-order valence-corrected chi connectivity index (χ2v) is 29.9. The Kier molecular flexibility index (Phi) is 28.8. The van der Waals surface area contributed by atoms with Crippen LogP contribution < -0.4 is 65.5 Å². The number of rotatable bonds is 24. The molecule has 0 spiro atoms. The molecule has 16 rings (SSSR count). The van der Waals surface area contributed by atoms with E-state index in [0.717, 1.165) is 73.6 Å². The summed E-state index contributed by atoms with van der Waals surface area (Å²) in [7, 11) is 0. The fourth-order valence-corrected chi connectivity index (χ4v) is 15.2. The van der Waals surface area contributed by atoms with Crippen LogP contribution in [0.1, 0.15) is 208 Å². The highest BCUT2D eigenvalue weighted by molar-refractivity contribution is 6.06. The Hall–Kier alpha value is -14.0. The smallest absolute Gasteiger partial charge is 0.255 e. The van der Waals surface area contributed by atoms with Gasteiger partial charge in [0.15, 0.2) is 0 Å². The maximum Gasteiger partial charge on any atom is 0.255 e. The number of nitrogens with two attached hydrogens (primary N) is 4. The van der Waals surface area contributed by atoms with Crippen LogP contribution in [-0.2, 0) is 44.9 Å². The van der Waals surface area contributed by atoms with Gasteiger partial charge in [-0.1, -0.05) is 146 Å². The summed E-state index contributed by atoms with van der Waals surface area (Å²) in [6, 6.07) is 73.3. The molecular weight excluding hydrogens is 1510 g/mol. The number of aryl methyl sites for hydroxylation is 4. The van der Waals surface area contributed by atoms with Crippen molar-refractivity contribution in [2.45, 2.75) is 125 Å². The van der Waals surface area contributed by atoms with E-state index in [9.17, 15) is 38.4 Å². The van der Waals surface area contributed by atoms with Crippen molar-refractivity contribution in [1.82, 2.24) is 41.2 Å². The molecule has 0 fully saturated rings. The van der Waals surface area contributed by atoms with Crippen LogP contribution in [0, 0.1) is 0 Å². The Labute approximate surface area is 696 Å². The largest absolute Gasteiger partial charge is 0.349 e. The Balaban J connectivity index is 0.000000138. The number of pyridine rings is 4. The van der Waals surface area contributed by atoms with Crippen LogP contribution in [0.3, 0.4) is 0 Å². The molecule has 0 saturated carbocycles. The Bertz CT molecular complexity index is 4820. The van der Waals surface area contributed by atoms with Gasteiger partial charge >= 0.3 is 0 Å². The number of nitrogens with zero attached hydrogens (tertiary/aromatic N) is 4. The van der Waals surface area contributed by atoms with Gasteiger partial charge in [0.25, 0.3) is 23.6 Å². The van der Waals surface area contributed by atoms with E-state index in [1.165, 1.54) is 44.5 Å². The van der Waals surface area contributed by atoms with Gasteiger partial charge in [0.05, 0.1) is 24.2 Å². The first-order valence-electron chi connectivity index (χ1n) is 40.2. The summed E-state index contributed by atoms with van der Waals surface area (Å²) >= 11 is 0. The molecule has 16 N–H and O–H groups in total. The number of amides is 8. The molecule has 0 saturated heterocycles. The third kappa shape index (κ3) is 23.2. The van der Waals surface area contributed by atoms with Gasteiger partial charge in [-0.3, -0.25) is 58.3 Å². The topological polar surface area (TPSA) is 388 Å². The lowest BCUT2D eigenvalue weighted by Crippen LogP contribution is -2.30. The SMILES string of the molecule is N[C@@H](CC(=O)N[C@@H]1CCc2ccccc21)c1ccc(C(=O)Nc2ccncc2)cc1.N[C@@H](CC(=O)N[C@H]1CCc2ccccc21)c1ccc(C(=O)Nc2ccncc2)cc1.N[C@H](CC(=O)N[C@@H]1CCc2ccccc21)c1ccc(C(=O)Nc2ccncc2)cc1.N[C@H](CC(=O)N[C@H]1CCc2ccccc21)c1ccc(C(=O)Nc2ccncc2)cc1. The van der Waals surface area contributed by atoms with Crippen LogP contribution in [0.25, 0.3) is 0 Å². The zero-order valence-corrected chi connectivity index (χ0v) is 66.2. The number of benzene rings is 8. The fraction of sp³-hybridized carbons (Fsp3) is 0.208. The number of fused-ring (bicyclic) bond motifs is 4. The average molecular weight is 1600 g/mol. The van der Waals surface area contributed by atoms with Crippen LogP contribution in [0.2, 0.25) is 0 Å². The monoisotopic (exact) mass is 1600 g/mol. The van der Waals surface area contributed by atoms with Crippen LogP contribution in [0.4, 0.5) is 22.7 Å². The van der Waals surface area contributed by atoms with Crippen LogP contribution in [0.15, 0.2) is 292 Å². The lowest BCUT2D eigenvalue weighted by molar-refractivity contribution is -0.123. The van der Waals surface area contributed by atoms with E-state index >= 15 is 0 Å². The molecule has 8 amide bonds. The van der Waals surface area contributed by atoms with E-state index in [1.807, 2.05) is 48.5 Å². The predicted octanol–water partition coefficient (Wildman–Crippen LogP) is 14.1. The average Bonchev–Trinajstić information content (AvgIpc) is 1.72. The van der Waals surface area contributed by atoms with E-state index in [-0.39, 0.29) is 97.1 Å². The molecule has 8 aromatic carbocycles. The first-order chi connectivity index (χ1) is 58.4. The normalized spacial score (nSPS) is 15.8. The molecule has 0 radical (unpaired) electrons. The standard InChI is InChI=1S/4C24H24N4O2/c4*25-21(15-23(29)28-22-10-9-16-3-1-2-4-20(16)22)17-5-7-18(8-6-17)24(30)27-19-11-13-26-14-12-19/h4*1-8,11-14,21-22H,9-10,15,25H2,(H,28,29)(H,26,27,30)/t2*21-,22+;2*21-,22-/m1010/s1. The van der Waals surface area contributed by atoms with Gasteiger partial charge in [-0.2, -0.15) is 0 Å². The highest BCUT2D eigenvalue weighted by Crippen LogP contribution is 2.36. The van der Waals surface area contributed by atoms with E-state index in [4.69, 9.17) is 22.9 Å². The van der Waals surface area contributed by atoms with Crippen molar-refractivity contribution in [2.75, 3.05) is 21.3 Å². The molecule has 4 aliphatic carbocycles. The van der Waals surface area contributed by atoms with Gasteiger partial charge < -0.3 is 65.5 Å². The molecule has 0 aliphatic heterocycles. The molecule has 24 heteroatoms. The van der Waals surface area contributed by atoms with Gasteiger partial charge in [0.1, 0.15) is 0 Å². The van der Waals surface area contributed by atoms with Gasteiger partial charge in [0, 0.05) is 144 Å². The predicted molar refractivity (Wildman–Crippen MR) is 463 cm³/mol. The van der Waals surface area contributed by atoms with Gasteiger partial charge in [-0.05, 0) is 215 Å².